The summed E-state index contributed by atoms with van der Waals surface area (Å²) in [5, 5.41) is 21.8. The summed E-state index contributed by atoms with van der Waals surface area (Å²) >= 11 is 0. The first kappa shape index (κ1) is 25.1. The Morgan fingerprint density at radius 1 is 1.18 bits per heavy atom. The van der Waals surface area contributed by atoms with Gasteiger partial charge in [-0.15, -0.1) is 10.2 Å². The summed E-state index contributed by atoms with van der Waals surface area (Å²) in [5.74, 6) is 0.258. The molecule has 2 heterocycles. The molecule has 0 saturated heterocycles. The second-order valence-corrected chi connectivity index (χ2v) is 11.3. The van der Waals surface area contributed by atoms with Crippen molar-refractivity contribution in [2.45, 2.75) is 75.4 Å². The minimum absolute atomic E-state index is 0.00795. The van der Waals surface area contributed by atoms with Crippen LogP contribution in [0.5, 0.6) is 0 Å². The second kappa shape index (κ2) is 8.64. The minimum Gasteiger partial charge on any atom is -0.393 e. The minimum atomic E-state index is -4.57. The number of rotatable bonds is 6. The number of aliphatic hydroxyl groups is 1. The molecule has 7 nitrogen and oxygen atoms in total. The Morgan fingerprint density at radius 3 is 2.55 bits per heavy atom. The third kappa shape index (κ3) is 4.01. The largest absolute Gasteiger partial charge is 0.416 e. The van der Waals surface area contributed by atoms with Gasteiger partial charge >= 0.3 is 6.18 Å². The summed E-state index contributed by atoms with van der Waals surface area (Å²) in [6.45, 7) is 2.19. The molecule has 1 aromatic heterocycles. The molecule has 0 bridgehead atoms. The summed E-state index contributed by atoms with van der Waals surface area (Å²) in [6, 6.07) is 10.1. The SMILES string of the molecule is Cn1cnnc1[C@]1(c2cccc(N3Cc4c(cc(CNC5(C)CCC5)cc4C(F)(F)F)C3=O)c2)C[C@@H](O)C1. The molecule has 0 unspecified atom stereocenters. The number of aryl methyl sites for hydroxylation is 1. The lowest BCUT2D eigenvalue weighted by Crippen LogP contribution is -2.47. The average Bonchev–Trinajstić information content (AvgIpc) is 3.41. The summed E-state index contributed by atoms with van der Waals surface area (Å²) in [6.07, 6.45) is 0.510. The van der Waals surface area contributed by atoms with E-state index in [4.69, 9.17) is 0 Å². The number of hydrogen-bond acceptors (Lipinski definition) is 5. The van der Waals surface area contributed by atoms with Crippen molar-refractivity contribution in [1.82, 2.24) is 20.1 Å². The summed E-state index contributed by atoms with van der Waals surface area (Å²) < 4.78 is 44.3. The van der Waals surface area contributed by atoms with Gasteiger partial charge in [0, 0.05) is 30.4 Å². The number of aromatic nitrogens is 3. The molecule has 0 atom stereocenters. The summed E-state index contributed by atoms with van der Waals surface area (Å²) in [4.78, 5) is 15.0. The van der Waals surface area contributed by atoms with Crippen molar-refractivity contribution in [2.75, 3.05) is 4.90 Å². The van der Waals surface area contributed by atoms with E-state index in [2.05, 4.69) is 22.4 Å². The third-order valence-electron chi connectivity index (χ3n) is 8.60. The molecule has 38 heavy (non-hydrogen) atoms. The van der Waals surface area contributed by atoms with Crippen molar-refractivity contribution in [3.05, 3.63) is 76.4 Å². The predicted octanol–water partition coefficient (Wildman–Crippen LogP) is 4.47. The Morgan fingerprint density at radius 2 is 1.95 bits per heavy atom. The number of fused-ring (bicyclic) bond motifs is 1. The normalized spacial score (nSPS) is 24.2. The van der Waals surface area contributed by atoms with E-state index < -0.39 is 29.2 Å². The Balaban J connectivity index is 1.34. The number of anilines is 1. The highest BCUT2D eigenvalue weighted by atomic mass is 19.4. The lowest BCUT2D eigenvalue weighted by molar-refractivity contribution is -0.138. The van der Waals surface area contributed by atoms with E-state index in [9.17, 15) is 23.1 Å². The number of nitrogens with zero attached hydrogens (tertiary/aromatic N) is 4. The van der Waals surface area contributed by atoms with E-state index in [1.165, 1.54) is 11.0 Å². The molecule has 2 saturated carbocycles. The lowest BCUT2D eigenvalue weighted by Gasteiger charge is -2.45. The van der Waals surface area contributed by atoms with Crippen LogP contribution >= 0.6 is 0 Å². The first-order chi connectivity index (χ1) is 18.0. The van der Waals surface area contributed by atoms with Gasteiger partial charge in [0.05, 0.1) is 23.6 Å². The van der Waals surface area contributed by atoms with Crippen LogP contribution in [0.4, 0.5) is 18.9 Å². The maximum absolute atomic E-state index is 14.1. The molecule has 1 amide bonds. The van der Waals surface area contributed by atoms with Gasteiger partial charge in [0.15, 0.2) is 0 Å². The van der Waals surface area contributed by atoms with Crippen LogP contribution in [0.2, 0.25) is 0 Å². The summed E-state index contributed by atoms with van der Waals surface area (Å²) in [5.41, 5.74) is 0.520. The summed E-state index contributed by atoms with van der Waals surface area (Å²) in [7, 11) is 1.84. The number of amides is 1. The second-order valence-electron chi connectivity index (χ2n) is 11.3. The Hall–Kier alpha value is -3.24. The van der Waals surface area contributed by atoms with Gasteiger partial charge in [-0.2, -0.15) is 13.2 Å². The molecule has 3 aromatic rings. The first-order valence-electron chi connectivity index (χ1n) is 12.9. The number of carbonyl (C=O) groups excluding carboxylic acids is 1. The molecule has 2 N–H and O–H groups in total. The number of carbonyl (C=O) groups is 1. The van der Waals surface area contributed by atoms with E-state index >= 15 is 0 Å². The molecule has 200 valence electrons. The van der Waals surface area contributed by atoms with Crippen LogP contribution in [0, 0.1) is 0 Å². The predicted molar refractivity (Wildman–Crippen MR) is 135 cm³/mol. The van der Waals surface area contributed by atoms with Gasteiger partial charge in [0.1, 0.15) is 12.2 Å². The number of halogens is 3. The van der Waals surface area contributed by atoms with Gasteiger partial charge < -0.3 is 19.9 Å². The van der Waals surface area contributed by atoms with Crippen molar-refractivity contribution < 1.29 is 23.1 Å². The smallest absolute Gasteiger partial charge is 0.393 e. The first-order valence-corrected chi connectivity index (χ1v) is 12.9. The van der Waals surface area contributed by atoms with Crippen LogP contribution < -0.4 is 10.2 Å². The molecule has 2 aromatic carbocycles. The molecule has 10 heteroatoms. The number of benzene rings is 2. The molecule has 3 aliphatic rings. The van der Waals surface area contributed by atoms with Crippen LogP contribution in [0.25, 0.3) is 0 Å². The van der Waals surface area contributed by atoms with E-state index in [0.29, 0.717) is 29.9 Å². The monoisotopic (exact) mass is 525 g/mol. The van der Waals surface area contributed by atoms with Crippen LogP contribution in [0.1, 0.15) is 77.5 Å². The van der Waals surface area contributed by atoms with Crippen LogP contribution in [0.15, 0.2) is 42.7 Å². The fourth-order valence-corrected chi connectivity index (χ4v) is 6.21. The third-order valence-corrected chi connectivity index (χ3v) is 8.60. The van der Waals surface area contributed by atoms with Crippen molar-refractivity contribution in [3.8, 4) is 0 Å². The van der Waals surface area contributed by atoms with Gasteiger partial charge in [0.2, 0.25) is 0 Å². The number of hydrogen-bond donors (Lipinski definition) is 2. The number of aliphatic hydroxyl groups excluding tert-OH is 1. The zero-order valence-corrected chi connectivity index (χ0v) is 21.3. The van der Waals surface area contributed by atoms with Crippen molar-refractivity contribution in [1.29, 1.82) is 0 Å². The molecular formula is C28H30F3N5O2. The van der Waals surface area contributed by atoms with E-state index in [1.54, 1.807) is 24.5 Å². The molecule has 6 rings (SSSR count). The van der Waals surface area contributed by atoms with Gasteiger partial charge in [-0.25, -0.2) is 0 Å². The molecule has 1 aliphatic heterocycles. The van der Waals surface area contributed by atoms with Gasteiger partial charge in [-0.3, -0.25) is 4.79 Å². The average molecular weight is 526 g/mol. The van der Waals surface area contributed by atoms with Gasteiger partial charge in [0.25, 0.3) is 5.91 Å². The fraction of sp³-hybridized carbons (Fsp3) is 0.464. The van der Waals surface area contributed by atoms with Crippen LogP contribution in [0.3, 0.4) is 0 Å². The van der Waals surface area contributed by atoms with Crippen LogP contribution in [-0.2, 0) is 31.7 Å². The van der Waals surface area contributed by atoms with E-state index in [1.807, 2.05) is 23.7 Å². The van der Waals surface area contributed by atoms with E-state index in [-0.39, 0.29) is 29.8 Å². The Labute approximate surface area is 218 Å². The maximum atomic E-state index is 14.1. The van der Waals surface area contributed by atoms with Crippen LogP contribution in [-0.4, -0.2) is 37.4 Å². The standard InChI is InChI=1S/C28H30F3N5O2/c1-26(7-4-8-26)32-14-17-9-21-22(23(10-17)28(29,30)31)15-36(24(21)38)19-6-3-5-18(11-19)27(12-20(37)13-27)25-34-33-16-35(25)2/h3,5-6,9-11,16,20,32,37H,4,7-8,12-15H2,1-2H3/t20-,27-. The van der Waals surface area contributed by atoms with Gasteiger partial charge in [-0.05, 0) is 80.0 Å². The fourth-order valence-electron chi connectivity index (χ4n) is 6.21. The quantitative estimate of drug-likeness (QED) is 0.496. The number of nitrogens with one attached hydrogen (secondary N) is 1. The molecule has 2 aliphatic carbocycles. The van der Waals surface area contributed by atoms with E-state index in [0.717, 1.165) is 24.8 Å². The maximum Gasteiger partial charge on any atom is 0.416 e. The highest BCUT2D eigenvalue weighted by Gasteiger charge is 2.50. The zero-order valence-electron chi connectivity index (χ0n) is 21.3. The topological polar surface area (TPSA) is 83.3 Å². The highest BCUT2D eigenvalue weighted by molar-refractivity contribution is 6.10. The molecule has 2 fully saturated rings. The Bertz CT molecular complexity index is 1410. The number of alkyl halides is 3. The highest BCUT2D eigenvalue weighted by Crippen LogP contribution is 2.49. The lowest BCUT2D eigenvalue weighted by atomic mass is 9.62. The van der Waals surface area contributed by atoms with Crippen molar-refractivity contribution in [3.63, 3.8) is 0 Å². The zero-order chi connectivity index (χ0) is 26.9. The Kier molecular flexibility index (Phi) is 5.70. The van der Waals surface area contributed by atoms with Crippen molar-refractivity contribution >= 4 is 11.6 Å². The van der Waals surface area contributed by atoms with Gasteiger partial charge in [-0.1, -0.05) is 12.1 Å². The molecule has 0 radical (unpaired) electrons. The molecule has 0 spiro atoms. The van der Waals surface area contributed by atoms with Crippen molar-refractivity contribution in [2.24, 2.45) is 7.05 Å². The molecular weight excluding hydrogens is 495 g/mol.